The Hall–Kier alpha value is -2.98. The minimum atomic E-state index is -3.26. The van der Waals surface area contributed by atoms with Crippen LogP contribution in [0.15, 0.2) is 45.5 Å². The number of thiazole rings is 1. The quantitative estimate of drug-likeness (QED) is 0.747. The molecule has 4 rings (SSSR count). The Kier molecular flexibility index (Phi) is 4.97. The van der Waals surface area contributed by atoms with Crippen molar-refractivity contribution in [2.75, 3.05) is 5.75 Å². The fourth-order valence-corrected chi connectivity index (χ4v) is 5.26. The zero-order valence-corrected chi connectivity index (χ0v) is 16.7. The topological polar surface area (TPSA) is 118 Å². The van der Waals surface area contributed by atoms with Crippen molar-refractivity contribution in [1.82, 2.24) is 9.88 Å². The zero-order valence-electron chi connectivity index (χ0n) is 15.1. The van der Waals surface area contributed by atoms with E-state index in [-0.39, 0.29) is 29.5 Å². The summed E-state index contributed by atoms with van der Waals surface area (Å²) in [4.78, 5) is 28.6. The van der Waals surface area contributed by atoms with E-state index >= 15 is 0 Å². The molecular formula is C19H17N3O5S2. The second-order valence-corrected chi connectivity index (χ2v) is 9.59. The van der Waals surface area contributed by atoms with Crippen LogP contribution in [0.1, 0.15) is 16.9 Å². The fraction of sp³-hybridized carbons (Fsp3) is 0.211. The maximum atomic E-state index is 12.3. The smallest absolute Gasteiger partial charge is 0.310 e. The Morgan fingerprint density at radius 2 is 2.17 bits per heavy atom. The van der Waals surface area contributed by atoms with Crippen LogP contribution in [-0.2, 0) is 21.2 Å². The van der Waals surface area contributed by atoms with Crippen LogP contribution in [0.25, 0.3) is 11.6 Å². The van der Waals surface area contributed by atoms with Gasteiger partial charge in [-0.25, -0.2) is 8.42 Å². The average Bonchev–Trinajstić information content (AvgIpc) is 3.31. The van der Waals surface area contributed by atoms with E-state index in [1.807, 2.05) is 24.3 Å². The molecule has 1 amide bonds. The van der Waals surface area contributed by atoms with E-state index < -0.39 is 21.8 Å². The SMILES string of the molecule is O=C(CCn1c(O)c(/C=C2\C=Nc3ccccc32)sc1=O)NC1C=CS(=O)(=O)C1. The summed E-state index contributed by atoms with van der Waals surface area (Å²) in [6.07, 6.45) is 4.73. The number of aromatic nitrogens is 1. The van der Waals surface area contributed by atoms with Gasteiger partial charge in [-0.2, -0.15) is 0 Å². The highest BCUT2D eigenvalue weighted by atomic mass is 32.2. The number of fused-ring (bicyclic) bond motifs is 1. The van der Waals surface area contributed by atoms with Gasteiger partial charge in [-0.3, -0.25) is 19.1 Å². The van der Waals surface area contributed by atoms with Gasteiger partial charge in [-0.15, -0.1) is 0 Å². The number of allylic oxidation sites excluding steroid dienone is 1. The summed E-state index contributed by atoms with van der Waals surface area (Å²) in [5, 5.41) is 14.1. The molecule has 0 aliphatic carbocycles. The van der Waals surface area contributed by atoms with Crippen LogP contribution in [0.3, 0.4) is 0 Å². The molecule has 3 heterocycles. The molecule has 0 saturated heterocycles. The zero-order chi connectivity index (χ0) is 20.6. The third kappa shape index (κ3) is 4.08. The lowest BCUT2D eigenvalue weighted by Crippen LogP contribution is -2.36. The number of carbonyl (C=O) groups is 1. The maximum absolute atomic E-state index is 12.3. The number of amides is 1. The standard InChI is InChI=1S/C19H17N3O5S2/c23-17(21-13-6-8-29(26,27)11-13)5-7-22-18(24)16(28-19(22)25)9-12-10-20-15-4-2-1-3-14(12)15/h1-4,6,8-10,13,24H,5,7,11H2,(H,21,23)/b12-9+. The number of aromatic hydroxyl groups is 1. The molecule has 150 valence electrons. The first kappa shape index (κ1) is 19.3. The maximum Gasteiger partial charge on any atom is 0.310 e. The van der Waals surface area contributed by atoms with Crippen molar-refractivity contribution in [3.8, 4) is 5.88 Å². The summed E-state index contributed by atoms with van der Waals surface area (Å²) in [6, 6.07) is 6.99. The largest absolute Gasteiger partial charge is 0.493 e. The van der Waals surface area contributed by atoms with Crippen molar-refractivity contribution < 1.29 is 18.3 Å². The summed E-state index contributed by atoms with van der Waals surface area (Å²) in [5.74, 6) is -0.768. The van der Waals surface area contributed by atoms with Gasteiger partial charge < -0.3 is 10.4 Å². The van der Waals surface area contributed by atoms with E-state index in [1.165, 1.54) is 6.08 Å². The average molecular weight is 431 g/mol. The molecule has 0 spiro atoms. The lowest BCUT2D eigenvalue weighted by molar-refractivity contribution is -0.121. The second-order valence-electron chi connectivity index (χ2n) is 6.66. The molecule has 2 aliphatic rings. The van der Waals surface area contributed by atoms with Gasteiger partial charge in [-0.1, -0.05) is 29.5 Å². The van der Waals surface area contributed by atoms with Gasteiger partial charge in [0.25, 0.3) is 0 Å². The minimum Gasteiger partial charge on any atom is -0.493 e. The third-order valence-corrected chi connectivity index (χ3v) is 6.89. The molecule has 2 N–H and O–H groups in total. The van der Waals surface area contributed by atoms with Gasteiger partial charge in [0.1, 0.15) is 0 Å². The molecule has 8 nitrogen and oxygen atoms in total. The summed E-state index contributed by atoms with van der Waals surface area (Å²) in [6.45, 7) is -0.00989. The van der Waals surface area contributed by atoms with Crippen LogP contribution in [0.5, 0.6) is 5.88 Å². The van der Waals surface area contributed by atoms with Gasteiger partial charge in [0.15, 0.2) is 9.84 Å². The number of hydrogen-bond donors (Lipinski definition) is 2. The third-order valence-electron chi connectivity index (χ3n) is 4.58. The molecule has 0 saturated carbocycles. The monoisotopic (exact) mass is 431 g/mol. The van der Waals surface area contributed by atoms with Crippen LogP contribution < -0.4 is 10.2 Å². The van der Waals surface area contributed by atoms with Crippen LogP contribution in [-0.4, -0.2) is 42.0 Å². The van der Waals surface area contributed by atoms with Gasteiger partial charge in [-0.05, 0) is 18.2 Å². The van der Waals surface area contributed by atoms with E-state index in [9.17, 15) is 23.1 Å². The highest BCUT2D eigenvalue weighted by Gasteiger charge is 2.23. The lowest BCUT2D eigenvalue weighted by atomic mass is 10.1. The van der Waals surface area contributed by atoms with E-state index in [0.717, 1.165) is 38.1 Å². The number of nitrogens with zero attached hydrogens (tertiary/aromatic N) is 2. The van der Waals surface area contributed by atoms with Gasteiger partial charge in [0.05, 0.1) is 22.4 Å². The predicted octanol–water partition coefficient (Wildman–Crippen LogP) is 1.69. The van der Waals surface area contributed by atoms with Crippen molar-refractivity contribution >= 4 is 50.6 Å². The molecule has 29 heavy (non-hydrogen) atoms. The van der Waals surface area contributed by atoms with E-state index in [2.05, 4.69) is 10.3 Å². The van der Waals surface area contributed by atoms with Gasteiger partial charge in [0.2, 0.25) is 11.8 Å². The Balaban J connectivity index is 1.45. The lowest BCUT2D eigenvalue weighted by Gasteiger charge is -2.10. The van der Waals surface area contributed by atoms with Crippen molar-refractivity contribution in [2.24, 2.45) is 4.99 Å². The first-order valence-electron chi connectivity index (χ1n) is 8.80. The van der Waals surface area contributed by atoms with E-state index in [4.69, 9.17) is 0 Å². The normalized spacial score (nSPS) is 20.3. The minimum absolute atomic E-state index is 0.00989. The molecule has 1 atom stereocenters. The van der Waals surface area contributed by atoms with Crippen LogP contribution in [0.2, 0.25) is 0 Å². The Bertz CT molecular complexity index is 1230. The molecule has 0 fully saturated rings. The molecular weight excluding hydrogens is 414 g/mol. The highest BCUT2D eigenvalue weighted by molar-refractivity contribution is 7.94. The van der Waals surface area contributed by atoms with Crippen LogP contribution >= 0.6 is 11.3 Å². The van der Waals surface area contributed by atoms with Crippen LogP contribution in [0, 0.1) is 0 Å². The van der Waals surface area contributed by atoms with Crippen molar-refractivity contribution in [1.29, 1.82) is 0 Å². The first-order valence-corrected chi connectivity index (χ1v) is 11.3. The predicted molar refractivity (Wildman–Crippen MR) is 112 cm³/mol. The molecule has 2 aliphatic heterocycles. The number of rotatable bonds is 5. The molecule has 1 aromatic carbocycles. The number of nitrogens with one attached hydrogen (secondary N) is 1. The molecule has 1 aromatic heterocycles. The molecule has 0 bridgehead atoms. The van der Waals surface area contributed by atoms with Crippen LogP contribution in [0.4, 0.5) is 5.69 Å². The Labute approximate surface area is 170 Å². The number of benzene rings is 1. The number of carbonyl (C=O) groups excluding carboxylic acids is 1. The summed E-state index contributed by atoms with van der Waals surface area (Å²) in [7, 11) is -3.26. The number of aliphatic imine (C=N–C) groups is 1. The van der Waals surface area contributed by atoms with Gasteiger partial charge >= 0.3 is 4.87 Å². The van der Waals surface area contributed by atoms with Crippen molar-refractivity contribution in [3.63, 3.8) is 0 Å². The number of sulfone groups is 1. The number of para-hydroxylation sites is 1. The molecule has 1 unspecified atom stereocenters. The second kappa shape index (κ2) is 7.45. The van der Waals surface area contributed by atoms with E-state index in [1.54, 1.807) is 12.3 Å². The Morgan fingerprint density at radius 3 is 2.93 bits per heavy atom. The number of hydrogen-bond acceptors (Lipinski definition) is 7. The van der Waals surface area contributed by atoms with Crippen molar-refractivity contribution in [3.05, 3.63) is 55.9 Å². The summed E-state index contributed by atoms with van der Waals surface area (Å²) >= 11 is 0.884. The summed E-state index contributed by atoms with van der Waals surface area (Å²) < 4.78 is 23.9. The summed E-state index contributed by atoms with van der Waals surface area (Å²) in [5.41, 5.74) is 2.53. The van der Waals surface area contributed by atoms with Crippen molar-refractivity contribution in [2.45, 2.75) is 19.0 Å². The van der Waals surface area contributed by atoms with Gasteiger partial charge in [0, 0.05) is 35.7 Å². The molecule has 2 aromatic rings. The molecule has 10 heteroatoms. The molecule has 0 radical (unpaired) electrons. The van der Waals surface area contributed by atoms with E-state index in [0.29, 0.717) is 4.88 Å². The highest BCUT2D eigenvalue weighted by Crippen LogP contribution is 2.34. The Morgan fingerprint density at radius 1 is 1.38 bits per heavy atom. The fourth-order valence-electron chi connectivity index (χ4n) is 3.16. The first-order chi connectivity index (χ1) is 13.8.